The van der Waals surface area contributed by atoms with E-state index in [9.17, 15) is 0 Å². The van der Waals surface area contributed by atoms with Crippen LogP contribution in [0.3, 0.4) is 0 Å². The zero-order valence-electron chi connectivity index (χ0n) is 3.31. The molecule has 0 spiro atoms. The van der Waals surface area contributed by atoms with Crippen LogP contribution in [0.1, 0.15) is 13.3 Å². The van der Waals surface area contributed by atoms with Crippen LogP contribution in [0.15, 0.2) is 0 Å². The van der Waals surface area contributed by atoms with Crippen LogP contribution in [0.2, 0.25) is 0 Å². The highest BCUT2D eigenvalue weighted by atomic mass is 32.1. The van der Waals surface area contributed by atoms with Crippen molar-refractivity contribution in [1.29, 1.82) is 0 Å². The fourth-order valence-electron chi connectivity index (χ4n) is 0. The van der Waals surface area contributed by atoms with Gasteiger partial charge < -0.3 is 0 Å². The zero-order chi connectivity index (χ0) is 4.28. The van der Waals surface area contributed by atoms with Crippen LogP contribution in [0.25, 0.3) is 0 Å². The molecule has 0 nitrogen and oxygen atoms in total. The minimum absolute atomic E-state index is 0.495. The van der Waals surface area contributed by atoms with E-state index in [1.807, 2.05) is 0 Å². The van der Waals surface area contributed by atoms with E-state index in [2.05, 4.69) is 28.8 Å². The van der Waals surface area contributed by atoms with Gasteiger partial charge in [-0.05, 0) is 6.42 Å². The van der Waals surface area contributed by atoms with Crippen molar-refractivity contribution in [3.8, 4) is 0 Å². The van der Waals surface area contributed by atoms with Gasteiger partial charge in [-0.25, -0.2) is 0 Å². The minimum atomic E-state index is 0.495. The molecular formula is C3H9PS. The molecular weight excluding hydrogens is 99.1 g/mol. The van der Waals surface area contributed by atoms with Crippen LogP contribution in [0.5, 0.6) is 0 Å². The molecule has 0 aliphatic rings. The molecule has 0 aromatic heterocycles. The maximum atomic E-state index is 4.06. The molecule has 0 fully saturated rings. The summed E-state index contributed by atoms with van der Waals surface area (Å²) in [4.78, 5) is 0.495. The van der Waals surface area contributed by atoms with Gasteiger partial charge in [0.1, 0.15) is 0 Å². The molecule has 0 heterocycles. The minimum Gasteiger partial charge on any atom is -0.172 e. The largest absolute Gasteiger partial charge is 0.172 e. The Kier molecular flexibility index (Phi) is 3.46. The van der Waals surface area contributed by atoms with E-state index >= 15 is 0 Å². The van der Waals surface area contributed by atoms with Gasteiger partial charge in [0.2, 0.25) is 0 Å². The van der Waals surface area contributed by atoms with Crippen LogP contribution in [-0.4, -0.2) is 4.99 Å². The third-order valence-corrected chi connectivity index (χ3v) is 1.25. The molecule has 0 rings (SSSR count). The average molecular weight is 108 g/mol. The van der Waals surface area contributed by atoms with E-state index in [1.54, 1.807) is 0 Å². The van der Waals surface area contributed by atoms with Crippen LogP contribution >= 0.6 is 21.9 Å². The fraction of sp³-hybridized carbons (Fsp3) is 1.00. The molecule has 0 bridgehead atoms. The Morgan fingerprint density at radius 3 is 2.20 bits per heavy atom. The lowest BCUT2D eigenvalue weighted by molar-refractivity contribution is 1.06. The highest BCUT2D eigenvalue weighted by molar-refractivity contribution is 7.85. The Morgan fingerprint density at radius 1 is 2.00 bits per heavy atom. The second-order valence-corrected chi connectivity index (χ2v) is 3.00. The molecule has 32 valence electrons. The molecule has 2 heteroatoms. The van der Waals surface area contributed by atoms with Crippen molar-refractivity contribution in [2.24, 2.45) is 0 Å². The summed E-state index contributed by atoms with van der Waals surface area (Å²) in [6.45, 7) is 2.10. The Morgan fingerprint density at radius 2 is 2.20 bits per heavy atom. The van der Waals surface area contributed by atoms with Crippen molar-refractivity contribution in [3.05, 3.63) is 0 Å². The molecule has 1 unspecified atom stereocenters. The summed E-state index contributed by atoms with van der Waals surface area (Å²) in [5, 5.41) is 0. The lowest BCUT2D eigenvalue weighted by Gasteiger charge is -1.89. The molecule has 0 N–H and O–H groups in total. The van der Waals surface area contributed by atoms with Gasteiger partial charge in [-0.3, -0.25) is 0 Å². The van der Waals surface area contributed by atoms with Crippen LogP contribution < -0.4 is 0 Å². The summed E-state index contributed by atoms with van der Waals surface area (Å²) in [5.41, 5.74) is 0. The second kappa shape index (κ2) is 2.99. The Labute approximate surface area is 41.0 Å². The zero-order valence-corrected chi connectivity index (χ0v) is 5.36. The SMILES string of the molecule is CC[C@@H](P)S. The first-order valence-electron chi connectivity index (χ1n) is 1.71. The van der Waals surface area contributed by atoms with E-state index in [4.69, 9.17) is 0 Å². The summed E-state index contributed by atoms with van der Waals surface area (Å²) in [6, 6.07) is 0. The normalized spacial score (nSPS) is 15.0. The first-order valence-corrected chi connectivity index (χ1v) is 2.89. The molecule has 0 aromatic rings. The number of hydrogen-bond acceptors (Lipinski definition) is 1. The van der Waals surface area contributed by atoms with E-state index < -0.39 is 0 Å². The molecule has 0 radical (unpaired) electrons. The number of thiol groups is 1. The van der Waals surface area contributed by atoms with Crippen molar-refractivity contribution in [1.82, 2.24) is 0 Å². The first kappa shape index (κ1) is 5.78. The van der Waals surface area contributed by atoms with E-state index in [-0.39, 0.29) is 0 Å². The fourth-order valence-corrected chi connectivity index (χ4v) is 0. The molecule has 0 aliphatic carbocycles. The van der Waals surface area contributed by atoms with E-state index in [0.717, 1.165) is 6.42 Å². The summed E-state index contributed by atoms with van der Waals surface area (Å²) < 4.78 is 0. The first-order chi connectivity index (χ1) is 2.27. The summed E-state index contributed by atoms with van der Waals surface area (Å²) >= 11 is 4.06. The summed E-state index contributed by atoms with van der Waals surface area (Å²) in [5.74, 6) is 0. The maximum absolute atomic E-state index is 4.06. The Balaban J connectivity index is 2.54. The van der Waals surface area contributed by atoms with Gasteiger partial charge in [0.15, 0.2) is 0 Å². The summed E-state index contributed by atoms with van der Waals surface area (Å²) in [6.07, 6.45) is 1.13. The Bertz CT molecular complexity index is 20.9. The van der Waals surface area contributed by atoms with Gasteiger partial charge in [-0.1, -0.05) is 6.92 Å². The van der Waals surface area contributed by atoms with Crippen molar-refractivity contribution < 1.29 is 0 Å². The molecule has 0 saturated heterocycles. The number of rotatable bonds is 1. The van der Waals surface area contributed by atoms with Crippen molar-refractivity contribution in [3.63, 3.8) is 0 Å². The van der Waals surface area contributed by atoms with Gasteiger partial charge in [0.25, 0.3) is 0 Å². The van der Waals surface area contributed by atoms with Crippen molar-refractivity contribution in [2.45, 2.75) is 18.3 Å². The van der Waals surface area contributed by atoms with Gasteiger partial charge >= 0.3 is 0 Å². The quantitative estimate of drug-likeness (QED) is 0.382. The highest BCUT2D eigenvalue weighted by Crippen LogP contribution is 2.06. The van der Waals surface area contributed by atoms with Gasteiger partial charge in [0.05, 0.1) is 0 Å². The Hall–Kier alpha value is 0.780. The smallest absolute Gasteiger partial charge is 0.0158 e. The molecule has 0 amide bonds. The maximum Gasteiger partial charge on any atom is 0.0158 e. The van der Waals surface area contributed by atoms with Crippen LogP contribution in [-0.2, 0) is 0 Å². The lowest BCUT2D eigenvalue weighted by atomic mass is 10.6. The van der Waals surface area contributed by atoms with E-state index in [1.165, 1.54) is 0 Å². The predicted molar refractivity (Wildman–Crippen MR) is 32.8 cm³/mol. The van der Waals surface area contributed by atoms with Crippen molar-refractivity contribution in [2.75, 3.05) is 0 Å². The van der Waals surface area contributed by atoms with Gasteiger partial charge in [-0.2, -0.15) is 12.6 Å². The average Bonchev–Trinajstić information content (AvgIpc) is 1.38. The molecule has 0 saturated carbocycles. The van der Waals surface area contributed by atoms with E-state index in [0.29, 0.717) is 4.99 Å². The molecule has 0 aliphatic heterocycles. The molecule has 5 heavy (non-hydrogen) atoms. The third-order valence-electron chi connectivity index (χ3n) is 0.418. The van der Waals surface area contributed by atoms with Crippen molar-refractivity contribution >= 4 is 21.9 Å². The lowest BCUT2D eigenvalue weighted by Crippen LogP contribution is -1.74. The van der Waals surface area contributed by atoms with Crippen LogP contribution in [0, 0.1) is 0 Å². The van der Waals surface area contributed by atoms with Crippen LogP contribution in [0.4, 0.5) is 0 Å². The molecule has 0 aromatic carbocycles. The summed E-state index contributed by atoms with van der Waals surface area (Å²) in [7, 11) is 2.60. The van der Waals surface area contributed by atoms with Gasteiger partial charge in [-0.15, -0.1) is 9.24 Å². The standard InChI is InChI=1S/C3H9PS/c1-2-3(4)5/h3,5H,2,4H2,1H3/t3-/m0/s1. The topological polar surface area (TPSA) is 0 Å². The highest BCUT2D eigenvalue weighted by Gasteiger charge is 1.81. The number of hydrogen-bond donors (Lipinski definition) is 1. The predicted octanol–water partition coefficient (Wildman–Crippen LogP) is 1.53. The monoisotopic (exact) mass is 108 g/mol. The third kappa shape index (κ3) is 4.78. The molecule has 2 atom stereocenters. The van der Waals surface area contributed by atoms with Gasteiger partial charge in [0, 0.05) is 4.99 Å². The second-order valence-electron chi connectivity index (χ2n) is 0.976.